The number of likely N-dealkylation sites (N-methyl/N-ethyl adjacent to an activating group) is 1. The molecule has 112 valence electrons. The second-order valence-corrected chi connectivity index (χ2v) is 7.59. The van der Waals surface area contributed by atoms with E-state index in [1.54, 1.807) is 0 Å². The number of aliphatic imine (C=N–C) groups is 1. The van der Waals surface area contributed by atoms with E-state index in [1.165, 1.54) is 25.3 Å². The van der Waals surface area contributed by atoms with Gasteiger partial charge in [0.05, 0.1) is 11.3 Å². The van der Waals surface area contributed by atoms with E-state index in [-0.39, 0.29) is 16.8 Å². The third kappa shape index (κ3) is 2.44. The van der Waals surface area contributed by atoms with E-state index in [0.717, 1.165) is 17.7 Å². The molecule has 1 unspecified atom stereocenters. The van der Waals surface area contributed by atoms with Crippen molar-refractivity contribution in [3.63, 3.8) is 0 Å². The first-order valence-electron chi connectivity index (χ1n) is 6.56. The first-order chi connectivity index (χ1) is 9.72. The summed E-state index contributed by atoms with van der Waals surface area (Å²) in [5.41, 5.74) is -0.00816. The van der Waals surface area contributed by atoms with Gasteiger partial charge in [-0.15, -0.1) is 0 Å². The molecule has 0 bridgehead atoms. The highest BCUT2D eigenvalue weighted by atomic mass is 32.2. The molecular formula is C13H15N3O4S. The molecule has 0 spiro atoms. The van der Waals surface area contributed by atoms with Gasteiger partial charge in [0, 0.05) is 12.6 Å². The molecule has 0 radical (unpaired) electrons. The van der Waals surface area contributed by atoms with Gasteiger partial charge in [0.2, 0.25) is 10.0 Å². The Morgan fingerprint density at radius 3 is 2.67 bits per heavy atom. The lowest BCUT2D eigenvalue weighted by Crippen LogP contribution is -2.43. The van der Waals surface area contributed by atoms with E-state index < -0.39 is 27.2 Å². The van der Waals surface area contributed by atoms with Gasteiger partial charge in [-0.2, -0.15) is 4.99 Å². The summed E-state index contributed by atoms with van der Waals surface area (Å²) in [7, 11) is -2.29. The van der Waals surface area contributed by atoms with Crippen molar-refractivity contribution in [3.05, 3.63) is 23.8 Å². The fraction of sp³-hybridized carbons (Fsp3) is 0.462. The molecule has 0 aromatic carbocycles. The number of imide groups is 1. The summed E-state index contributed by atoms with van der Waals surface area (Å²) in [6.45, 7) is 1.84. The highest BCUT2D eigenvalue weighted by molar-refractivity contribution is 7.90. The van der Waals surface area contributed by atoms with Gasteiger partial charge in [0.1, 0.15) is 5.25 Å². The number of carbonyl (C=O) groups is 2. The molecule has 3 aliphatic rings. The number of hydrogen-bond donors (Lipinski definition) is 1. The number of fused-ring (bicyclic) bond motifs is 1. The minimum absolute atomic E-state index is 0.149. The molecule has 8 heteroatoms. The van der Waals surface area contributed by atoms with Crippen molar-refractivity contribution in [2.45, 2.75) is 30.6 Å². The molecule has 21 heavy (non-hydrogen) atoms. The van der Waals surface area contributed by atoms with Crippen molar-refractivity contribution >= 4 is 27.7 Å². The summed E-state index contributed by atoms with van der Waals surface area (Å²) in [4.78, 5) is 28.1. The molecule has 0 saturated heterocycles. The summed E-state index contributed by atoms with van der Waals surface area (Å²) in [5.74, 6) is -0.535. The molecule has 7 nitrogen and oxygen atoms in total. The summed E-state index contributed by atoms with van der Waals surface area (Å²) in [5, 5.41) is -0.936. The summed E-state index contributed by atoms with van der Waals surface area (Å²) in [6.07, 6.45) is 5.81. The van der Waals surface area contributed by atoms with Crippen LogP contribution in [-0.4, -0.2) is 48.8 Å². The number of urea groups is 1. The van der Waals surface area contributed by atoms with E-state index in [0.29, 0.717) is 0 Å². The first-order valence-corrected chi connectivity index (χ1v) is 8.10. The van der Waals surface area contributed by atoms with Gasteiger partial charge >= 0.3 is 6.03 Å². The van der Waals surface area contributed by atoms with E-state index in [4.69, 9.17) is 0 Å². The SMILES string of the molecule is CN1C(=O)N=C2C=CC(S(=O)(=O)NC3(C)CC3)C=C2C1=O. The molecular weight excluding hydrogens is 294 g/mol. The van der Waals surface area contributed by atoms with Crippen LogP contribution >= 0.6 is 0 Å². The van der Waals surface area contributed by atoms with E-state index in [1.807, 2.05) is 6.92 Å². The monoisotopic (exact) mass is 309 g/mol. The lowest BCUT2D eigenvalue weighted by atomic mass is 10.0. The zero-order valence-electron chi connectivity index (χ0n) is 11.7. The molecule has 3 amide bonds. The van der Waals surface area contributed by atoms with Crippen LogP contribution in [0.4, 0.5) is 4.79 Å². The summed E-state index contributed by atoms with van der Waals surface area (Å²) < 4.78 is 27.3. The van der Waals surface area contributed by atoms with Gasteiger partial charge < -0.3 is 0 Å². The quantitative estimate of drug-likeness (QED) is 0.814. The average Bonchev–Trinajstić information content (AvgIpc) is 3.12. The molecule has 1 N–H and O–H groups in total. The maximum atomic E-state index is 12.3. The Bertz CT molecular complexity index is 729. The van der Waals surface area contributed by atoms with Crippen LogP contribution in [0.1, 0.15) is 19.8 Å². The standard InChI is InChI=1S/C13H15N3O4S/c1-13(5-6-13)15-21(19,20)8-3-4-10-9(7-8)11(17)16(2)12(18)14-10/h3-4,7-8,15H,5-6H2,1-2H3. The maximum Gasteiger partial charge on any atom is 0.350 e. The summed E-state index contributed by atoms with van der Waals surface area (Å²) in [6, 6.07) is -0.651. The van der Waals surface area contributed by atoms with Gasteiger partial charge in [-0.05, 0) is 31.9 Å². The van der Waals surface area contributed by atoms with Crippen molar-refractivity contribution in [3.8, 4) is 0 Å². The highest BCUT2D eigenvalue weighted by Crippen LogP contribution is 2.36. The largest absolute Gasteiger partial charge is 0.350 e. The fourth-order valence-electron chi connectivity index (χ4n) is 2.20. The van der Waals surface area contributed by atoms with Gasteiger partial charge in [0.15, 0.2) is 0 Å². The van der Waals surface area contributed by atoms with Gasteiger partial charge in [-0.3, -0.25) is 9.69 Å². The van der Waals surface area contributed by atoms with Gasteiger partial charge in [-0.1, -0.05) is 6.08 Å². The zero-order chi connectivity index (χ0) is 15.4. The van der Waals surface area contributed by atoms with Crippen molar-refractivity contribution in [1.29, 1.82) is 0 Å². The van der Waals surface area contributed by atoms with Crippen LogP contribution in [0.25, 0.3) is 0 Å². The van der Waals surface area contributed by atoms with Crippen LogP contribution in [0.15, 0.2) is 28.8 Å². The predicted molar refractivity (Wildman–Crippen MR) is 76.3 cm³/mol. The van der Waals surface area contributed by atoms with Crippen LogP contribution in [0.2, 0.25) is 0 Å². The van der Waals surface area contributed by atoms with Crippen molar-refractivity contribution < 1.29 is 18.0 Å². The molecule has 0 aromatic rings. The Morgan fingerprint density at radius 1 is 1.38 bits per heavy atom. The highest BCUT2D eigenvalue weighted by Gasteiger charge is 2.43. The van der Waals surface area contributed by atoms with Crippen LogP contribution in [-0.2, 0) is 14.8 Å². The fourth-order valence-corrected chi connectivity index (χ4v) is 3.83. The smallest absolute Gasteiger partial charge is 0.268 e. The molecule has 1 fully saturated rings. The van der Waals surface area contributed by atoms with Crippen LogP contribution < -0.4 is 4.72 Å². The Labute approximate surface area is 122 Å². The zero-order valence-corrected chi connectivity index (χ0v) is 12.5. The second kappa shape index (κ2) is 4.35. The predicted octanol–water partition coefficient (Wildman–Crippen LogP) is 0.356. The number of sulfonamides is 1. The van der Waals surface area contributed by atoms with E-state index >= 15 is 0 Å². The normalized spacial score (nSPS) is 27.1. The van der Waals surface area contributed by atoms with Crippen LogP contribution in [0, 0.1) is 0 Å². The third-order valence-corrected chi connectivity index (χ3v) is 5.62. The second-order valence-electron chi connectivity index (χ2n) is 5.76. The molecule has 1 heterocycles. The molecule has 1 atom stereocenters. The third-order valence-electron chi connectivity index (χ3n) is 3.84. The minimum atomic E-state index is -3.61. The number of hydrogen-bond acceptors (Lipinski definition) is 4. The number of nitrogens with one attached hydrogen (secondary N) is 1. The number of nitrogens with zero attached hydrogens (tertiary/aromatic N) is 2. The van der Waals surface area contributed by atoms with E-state index in [2.05, 4.69) is 9.71 Å². The van der Waals surface area contributed by atoms with Gasteiger partial charge in [0.25, 0.3) is 5.91 Å². The number of allylic oxidation sites excluding steroid dienone is 1. The lowest BCUT2D eigenvalue weighted by molar-refractivity contribution is -0.122. The Kier molecular flexibility index (Phi) is 2.93. The molecule has 3 rings (SSSR count). The van der Waals surface area contributed by atoms with Crippen LogP contribution in [0.3, 0.4) is 0 Å². The minimum Gasteiger partial charge on any atom is -0.268 e. The van der Waals surface area contributed by atoms with Gasteiger partial charge in [-0.25, -0.2) is 17.9 Å². The number of carbonyl (C=O) groups excluding carboxylic acids is 2. The Morgan fingerprint density at radius 2 is 2.05 bits per heavy atom. The summed E-state index contributed by atoms with van der Waals surface area (Å²) >= 11 is 0. The maximum absolute atomic E-state index is 12.3. The topological polar surface area (TPSA) is 95.9 Å². The van der Waals surface area contributed by atoms with Crippen molar-refractivity contribution in [1.82, 2.24) is 9.62 Å². The molecule has 2 aliphatic carbocycles. The first kappa shape index (κ1) is 14.2. The number of rotatable bonds is 3. The Balaban J connectivity index is 1.93. The van der Waals surface area contributed by atoms with Crippen molar-refractivity contribution in [2.24, 2.45) is 4.99 Å². The molecule has 1 saturated carbocycles. The molecule has 1 aliphatic heterocycles. The van der Waals surface area contributed by atoms with Crippen molar-refractivity contribution in [2.75, 3.05) is 7.05 Å². The Hall–Kier alpha value is -1.80. The lowest BCUT2D eigenvalue weighted by Gasteiger charge is -2.25. The van der Waals surface area contributed by atoms with Crippen LogP contribution in [0.5, 0.6) is 0 Å². The van der Waals surface area contributed by atoms with E-state index in [9.17, 15) is 18.0 Å². The molecule has 0 aromatic heterocycles. The number of amides is 3. The average molecular weight is 309 g/mol.